The van der Waals surface area contributed by atoms with E-state index in [4.69, 9.17) is 0 Å². The average Bonchev–Trinajstić information content (AvgIpc) is 3.98. The van der Waals surface area contributed by atoms with Crippen LogP contribution in [0.4, 0.5) is 0 Å². The van der Waals surface area contributed by atoms with Crippen molar-refractivity contribution >= 4 is 52.3 Å². The summed E-state index contributed by atoms with van der Waals surface area (Å²) in [5.74, 6) is 0.720. The Morgan fingerprint density at radius 2 is 0.968 bits per heavy atom. The fourth-order valence-electron chi connectivity index (χ4n) is 12.1. The molecule has 9 rings (SSSR count). The summed E-state index contributed by atoms with van der Waals surface area (Å²) in [6, 6.07) is 44.3. The zero-order valence-electron chi connectivity index (χ0n) is 38.1. The predicted molar refractivity (Wildman–Crippen MR) is 273 cm³/mol. The van der Waals surface area contributed by atoms with Crippen LogP contribution in [0.3, 0.4) is 0 Å². The number of aryl methyl sites for hydroxylation is 2. The van der Waals surface area contributed by atoms with Gasteiger partial charge in [0.25, 0.3) is 0 Å². The normalized spacial score (nSPS) is 17.5. The van der Waals surface area contributed by atoms with E-state index in [1.165, 1.54) is 103 Å². The van der Waals surface area contributed by atoms with Crippen LogP contribution in [0.25, 0.3) is 45.5 Å². The first-order chi connectivity index (χ1) is 30.0. The van der Waals surface area contributed by atoms with Crippen LogP contribution < -0.4 is 13.6 Å². The van der Waals surface area contributed by atoms with E-state index in [2.05, 4.69) is 183 Å². The molecule has 4 heteroatoms. The fourth-order valence-corrected chi connectivity index (χ4v) is 40.1. The van der Waals surface area contributed by atoms with Crippen molar-refractivity contribution in [1.29, 1.82) is 0 Å². The van der Waals surface area contributed by atoms with Gasteiger partial charge in [0, 0.05) is 0 Å². The van der Waals surface area contributed by atoms with Crippen LogP contribution in [0.2, 0.25) is 0 Å². The molecule has 0 radical (unpaired) electrons. The summed E-state index contributed by atoms with van der Waals surface area (Å²) in [6.45, 7) is 18.7. The molecule has 317 valence electrons. The molecule has 6 aromatic rings. The third-order valence-electron chi connectivity index (χ3n) is 14.7. The monoisotopic (exact) mass is 947 g/mol. The molecular formula is C58H63Cl2SiZr. The van der Waals surface area contributed by atoms with Crippen molar-refractivity contribution < 1.29 is 16.4 Å². The Hall–Kier alpha value is -3.52. The molecule has 2 atom stereocenters. The minimum atomic E-state index is -5.69. The first-order valence-electron chi connectivity index (χ1n) is 23.6. The second-order valence-corrected chi connectivity index (χ2v) is 41.4. The summed E-state index contributed by atoms with van der Waals surface area (Å²) in [5, 5.41) is 3.00. The van der Waals surface area contributed by atoms with Gasteiger partial charge in [0.05, 0.1) is 0 Å². The summed E-state index contributed by atoms with van der Waals surface area (Å²) in [7, 11) is 18.1. The number of hydrogen-bond acceptors (Lipinski definition) is 0. The van der Waals surface area contributed by atoms with Crippen LogP contribution in [0.15, 0.2) is 126 Å². The summed E-state index contributed by atoms with van der Waals surface area (Å²) in [4.78, 5) is 0. The number of fused-ring (bicyclic) bond motifs is 5. The minimum absolute atomic E-state index is 0.0833. The number of rotatable bonds is 13. The summed E-state index contributed by atoms with van der Waals surface area (Å²) < 4.78 is 1.15. The number of hydrogen-bond donors (Lipinski definition) is 0. The number of halogens is 2. The molecule has 0 spiro atoms. The van der Waals surface area contributed by atoms with E-state index in [0.717, 1.165) is 38.5 Å². The van der Waals surface area contributed by atoms with Crippen LogP contribution in [-0.2, 0) is 29.2 Å². The van der Waals surface area contributed by atoms with Crippen molar-refractivity contribution in [2.75, 3.05) is 0 Å². The Morgan fingerprint density at radius 3 is 1.44 bits per heavy atom. The molecule has 2 aliphatic carbocycles. The van der Waals surface area contributed by atoms with Gasteiger partial charge in [-0.05, 0) is 0 Å². The fraction of sp³-hybridized carbons (Fsp3) is 0.310. The molecule has 0 amide bonds. The Labute approximate surface area is 383 Å². The molecule has 1 heterocycles. The van der Waals surface area contributed by atoms with Gasteiger partial charge in [0.2, 0.25) is 0 Å². The Balaban J connectivity index is 1.41. The standard InChI is InChI=1S/2C23H27.C12H9Si.2ClH.Zr/c2*1-5-9-17-14-19-12-13-20(16(3)4)23(22(19)15-17)21-11-8-7-10-18(21)6-2;1-3-7-11-9(5-1)10-6-2-4-8-12(10)13-11;;;/h2*7-8,10-16H,5-6,9H2,1-4H3;1-7H,13H2;2*1H;/q;;;;;+2/p-2. The van der Waals surface area contributed by atoms with Crippen molar-refractivity contribution in [3.8, 4) is 33.4 Å². The van der Waals surface area contributed by atoms with Gasteiger partial charge in [-0.15, -0.1) is 0 Å². The average molecular weight is 950 g/mol. The molecule has 0 bridgehead atoms. The maximum absolute atomic E-state index is 9.51. The van der Waals surface area contributed by atoms with Crippen molar-refractivity contribution in [3.63, 3.8) is 0 Å². The van der Waals surface area contributed by atoms with E-state index in [9.17, 15) is 17.0 Å². The second-order valence-electron chi connectivity index (χ2n) is 19.0. The summed E-state index contributed by atoms with van der Waals surface area (Å²) >= 11 is -5.69. The molecule has 3 aliphatic rings. The van der Waals surface area contributed by atoms with Crippen LogP contribution in [0.1, 0.15) is 145 Å². The van der Waals surface area contributed by atoms with Gasteiger partial charge in [-0.1, -0.05) is 0 Å². The molecule has 0 fully saturated rings. The van der Waals surface area contributed by atoms with Crippen LogP contribution in [0, 0.1) is 0 Å². The van der Waals surface area contributed by atoms with Crippen molar-refractivity contribution in [3.05, 3.63) is 171 Å². The molecule has 0 saturated heterocycles. The van der Waals surface area contributed by atoms with Gasteiger partial charge in [0.15, 0.2) is 0 Å². The van der Waals surface area contributed by atoms with Crippen LogP contribution in [-0.4, -0.2) is 9.52 Å². The van der Waals surface area contributed by atoms with E-state index < -0.39 is 25.9 Å². The first-order valence-corrected chi connectivity index (χ1v) is 35.5. The van der Waals surface area contributed by atoms with E-state index in [0.29, 0.717) is 11.8 Å². The molecule has 1 aliphatic heterocycles. The Morgan fingerprint density at radius 1 is 0.516 bits per heavy atom. The molecule has 62 heavy (non-hydrogen) atoms. The van der Waals surface area contributed by atoms with Gasteiger partial charge in [0.1, 0.15) is 0 Å². The van der Waals surface area contributed by atoms with Gasteiger partial charge in [-0.25, -0.2) is 0 Å². The summed E-state index contributed by atoms with van der Waals surface area (Å²) in [6.07, 6.45) is 11.2. The van der Waals surface area contributed by atoms with Gasteiger partial charge >= 0.3 is 386 Å². The Bertz CT molecular complexity index is 2650. The van der Waals surface area contributed by atoms with Gasteiger partial charge < -0.3 is 0 Å². The van der Waals surface area contributed by atoms with Crippen LogP contribution >= 0.6 is 17.0 Å². The topological polar surface area (TPSA) is 0 Å². The van der Waals surface area contributed by atoms with E-state index in [1.807, 2.05) is 0 Å². The van der Waals surface area contributed by atoms with Gasteiger partial charge in [-0.2, -0.15) is 0 Å². The molecule has 0 nitrogen and oxygen atoms in total. The van der Waals surface area contributed by atoms with E-state index in [1.54, 1.807) is 0 Å². The molecule has 0 N–H and O–H groups in total. The third kappa shape index (κ3) is 6.84. The molecule has 2 unspecified atom stereocenters. The quantitative estimate of drug-likeness (QED) is 0.101. The SMILES string of the molecule is CCCC1=Cc2c(ccc(C(C)C)c2-c2ccccc2CC)[CH]1[Zr]([Cl])([Cl])([c]1cccc2c1[SiH2]c1ccccc1-2)[CH]1C(CCC)=Cc2c1ccc(C(C)C)c2-c1ccccc1CC. The first kappa shape index (κ1) is 43.7. The van der Waals surface area contributed by atoms with Crippen molar-refractivity contribution in [2.24, 2.45) is 0 Å². The number of benzene rings is 6. The molecular weight excluding hydrogens is 887 g/mol. The van der Waals surface area contributed by atoms with Gasteiger partial charge in [-0.3, -0.25) is 0 Å². The Kier molecular flexibility index (Phi) is 12.1. The molecule has 6 aromatic carbocycles. The van der Waals surface area contributed by atoms with E-state index >= 15 is 0 Å². The van der Waals surface area contributed by atoms with Crippen molar-refractivity contribution in [2.45, 2.75) is 113 Å². The summed E-state index contributed by atoms with van der Waals surface area (Å²) in [5.41, 5.74) is 22.1. The number of allylic oxidation sites excluding steroid dienone is 2. The third-order valence-corrected chi connectivity index (χ3v) is 37.5. The van der Waals surface area contributed by atoms with Crippen molar-refractivity contribution in [1.82, 2.24) is 0 Å². The molecule has 0 saturated carbocycles. The maximum atomic E-state index is 9.51. The van der Waals surface area contributed by atoms with Crippen LogP contribution in [0.5, 0.6) is 0 Å². The predicted octanol–water partition coefficient (Wildman–Crippen LogP) is 15.0. The zero-order valence-corrected chi connectivity index (χ0v) is 43.5. The second kappa shape index (κ2) is 17.1. The van der Waals surface area contributed by atoms with E-state index in [-0.39, 0.29) is 7.25 Å². The molecule has 0 aromatic heterocycles. The zero-order chi connectivity index (χ0) is 43.5.